The van der Waals surface area contributed by atoms with Crippen molar-refractivity contribution in [2.75, 3.05) is 7.11 Å². The Morgan fingerprint density at radius 1 is 1.43 bits per heavy atom. The van der Waals surface area contributed by atoms with Crippen molar-refractivity contribution in [1.29, 1.82) is 0 Å². The van der Waals surface area contributed by atoms with E-state index in [1.54, 1.807) is 0 Å². The van der Waals surface area contributed by atoms with Crippen LogP contribution in [0, 0.1) is 0 Å². The number of carbonyl (C=O) groups excluding carboxylic acids is 1. The smallest absolute Gasteiger partial charge is 0.309 e. The predicted octanol–water partition coefficient (Wildman–Crippen LogP) is 1.41. The van der Waals surface area contributed by atoms with Gasteiger partial charge in [-0.05, 0) is 17.7 Å². The van der Waals surface area contributed by atoms with E-state index in [0.29, 0.717) is 0 Å². The number of esters is 1. The summed E-state index contributed by atoms with van der Waals surface area (Å²) in [6.45, 7) is 0. The minimum atomic E-state index is -0.243. The van der Waals surface area contributed by atoms with Gasteiger partial charge in [0, 0.05) is 0 Å². The Bertz CT molecular complexity index is 467. The molecule has 0 spiro atoms. The number of hydrogen-bond acceptors (Lipinski definition) is 5. The zero-order valence-electron chi connectivity index (χ0n) is 7.56. The van der Waals surface area contributed by atoms with Crippen molar-refractivity contribution in [1.82, 2.24) is 8.75 Å². The third-order valence-corrected chi connectivity index (χ3v) is 2.45. The van der Waals surface area contributed by atoms with Gasteiger partial charge in [0.25, 0.3) is 0 Å². The quantitative estimate of drug-likeness (QED) is 0.700. The van der Waals surface area contributed by atoms with Crippen LogP contribution in [-0.4, -0.2) is 21.8 Å². The van der Waals surface area contributed by atoms with Crippen LogP contribution in [0.1, 0.15) is 5.56 Å². The van der Waals surface area contributed by atoms with Crippen LogP contribution in [0.2, 0.25) is 0 Å². The first-order valence-electron chi connectivity index (χ1n) is 4.07. The molecule has 0 unspecified atom stereocenters. The summed E-state index contributed by atoms with van der Waals surface area (Å²) >= 11 is 1.17. The van der Waals surface area contributed by atoms with Crippen molar-refractivity contribution < 1.29 is 9.53 Å². The highest BCUT2D eigenvalue weighted by atomic mass is 32.1. The Balaban J connectivity index is 2.30. The zero-order valence-corrected chi connectivity index (χ0v) is 8.37. The topological polar surface area (TPSA) is 52.1 Å². The highest BCUT2D eigenvalue weighted by Gasteiger charge is 2.04. The van der Waals surface area contributed by atoms with E-state index in [1.807, 2.05) is 18.2 Å². The first kappa shape index (κ1) is 9.08. The summed E-state index contributed by atoms with van der Waals surface area (Å²) < 4.78 is 12.7. The van der Waals surface area contributed by atoms with E-state index in [9.17, 15) is 4.79 Å². The number of benzene rings is 1. The molecule has 0 fully saturated rings. The molecule has 1 aromatic carbocycles. The van der Waals surface area contributed by atoms with Gasteiger partial charge in [0.2, 0.25) is 0 Å². The number of rotatable bonds is 2. The predicted molar refractivity (Wildman–Crippen MR) is 53.1 cm³/mol. The standard InChI is InChI=1S/C9H8N2O2S/c1-13-9(12)5-6-2-3-7-8(4-6)11-14-10-7/h2-4H,5H2,1H3. The molecule has 1 heterocycles. The minimum absolute atomic E-state index is 0.243. The molecule has 0 atom stereocenters. The molecule has 0 saturated carbocycles. The second-order valence-electron chi connectivity index (χ2n) is 2.84. The lowest BCUT2D eigenvalue weighted by Crippen LogP contribution is -2.04. The number of methoxy groups -OCH3 is 1. The molecule has 0 aliphatic carbocycles. The fourth-order valence-electron chi connectivity index (χ4n) is 1.18. The van der Waals surface area contributed by atoms with Crippen molar-refractivity contribution in [3.05, 3.63) is 23.8 Å². The summed E-state index contributed by atoms with van der Waals surface area (Å²) in [5.74, 6) is -0.243. The maximum absolute atomic E-state index is 11.0. The number of ether oxygens (including phenoxy) is 1. The highest BCUT2D eigenvalue weighted by Crippen LogP contribution is 2.13. The number of hydrogen-bond donors (Lipinski definition) is 0. The summed E-state index contributed by atoms with van der Waals surface area (Å²) in [4.78, 5) is 11.0. The van der Waals surface area contributed by atoms with Crippen LogP contribution in [0.15, 0.2) is 18.2 Å². The van der Waals surface area contributed by atoms with Crippen LogP contribution in [-0.2, 0) is 16.0 Å². The molecule has 0 amide bonds. The highest BCUT2D eigenvalue weighted by molar-refractivity contribution is 7.00. The third kappa shape index (κ3) is 1.72. The first-order valence-corrected chi connectivity index (χ1v) is 4.80. The Labute approximate surface area is 84.8 Å². The van der Waals surface area contributed by atoms with E-state index < -0.39 is 0 Å². The van der Waals surface area contributed by atoms with Gasteiger partial charge in [0.1, 0.15) is 11.0 Å². The lowest BCUT2D eigenvalue weighted by atomic mass is 10.1. The van der Waals surface area contributed by atoms with Gasteiger partial charge in [-0.1, -0.05) is 6.07 Å². The van der Waals surface area contributed by atoms with Crippen LogP contribution >= 0.6 is 11.7 Å². The van der Waals surface area contributed by atoms with Crippen LogP contribution in [0.3, 0.4) is 0 Å². The molecule has 5 heteroatoms. The summed E-state index contributed by atoms with van der Waals surface area (Å²) in [5.41, 5.74) is 2.59. The maximum atomic E-state index is 11.0. The van der Waals surface area contributed by atoms with E-state index in [-0.39, 0.29) is 12.4 Å². The summed E-state index contributed by atoms with van der Waals surface area (Å²) in [7, 11) is 1.38. The van der Waals surface area contributed by atoms with E-state index in [1.165, 1.54) is 18.8 Å². The van der Waals surface area contributed by atoms with Gasteiger partial charge >= 0.3 is 5.97 Å². The van der Waals surface area contributed by atoms with Gasteiger partial charge in [0.15, 0.2) is 0 Å². The molecule has 0 radical (unpaired) electrons. The molecule has 14 heavy (non-hydrogen) atoms. The van der Waals surface area contributed by atoms with Crippen LogP contribution in [0.5, 0.6) is 0 Å². The van der Waals surface area contributed by atoms with Crippen molar-refractivity contribution >= 4 is 28.7 Å². The maximum Gasteiger partial charge on any atom is 0.309 e. The molecule has 0 aliphatic heterocycles. The van der Waals surface area contributed by atoms with Crippen molar-refractivity contribution in [2.45, 2.75) is 6.42 Å². The van der Waals surface area contributed by atoms with E-state index in [2.05, 4.69) is 13.5 Å². The number of fused-ring (bicyclic) bond motifs is 1. The lowest BCUT2D eigenvalue weighted by molar-refractivity contribution is -0.139. The molecule has 2 aromatic rings. The van der Waals surface area contributed by atoms with Gasteiger partial charge in [-0.2, -0.15) is 8.75 Å². The van der Waals surface area contributed by atoms with E-state index in [4.69, 9.17) is 0 Å². The fraction of sp³-hybridized carbons (Fsp3) is 0.222. The Kier molecular flexibility index (Phi) is 2.41. The van der Waals surface area contributed by atoms with Gasteiger partial charge in [-0.3, -0.25) is 4.79 Å². The number of carbonyl (C=O) groups is 1. The second kappa shape index (κ2) is 3.71. The molecule has 0 bridgehead atoms. The fourth-order valence-corrected chi connectivity index (χ4v) is 1.69. The van der Waals surface area contributed by atoms with E-state index in [0.717, 1.165) is 16.6 Å². The first-order chi connectivity index (χ1) is 6.79. The van der Waals surface area contributed by atoms with Gasteiger partial charge in [-0.15, -0.1) is 0 Å². The van der Waals surface area contributed by atoms with Crippen LogP contribution < -0.4 is 0 Å². The van der Waals surface area contributed by atoms with Crippen molar-refractivity contribution in [3.63, 3.8) is 0 Å². The van der Waals surface area contributed by atoms with Crippen molar-refractivity contribution in [3.8, 4) is 0 Å². The van der Waals surface area contributed by atoms with Crippen LogP contribution in [0.25, 0.3) is 11.0 Å². The average Bonchev–Trinajstić information content (AvgIpc) is 2.64. The normalized spacial score (nSPS) is 10.4. The molecule has 2 rings (SSSR count). The van der Waals surface area contributed by atoms with Crippen molar-refractivity contribution in [2.24, 2.45) is 0 Å². The summed E-state index contributed by atoms with van der Waals surface area (Å²) in [6, 6.07) is 5.58. The SMILES string of the molecule is COC(=O)Cc1ccc2nsnc2c1. The number of nitrogens with zero attached hydrogens (tertiary/aromatic N) is 2. The molecular weight excluding hydrogens is 200 g/mol. The van der Waals surface area contributed by atoms with Gasteiger partial charge in [0.05, 0.1) is 25.3 Å². The largest absolute Gasteiger partial charge is 0.469 e. The van der Waals surface area contributed by atoms with Gasteiger partial charge in [-0.25, -0.2) is 0 Å². The van der Waals surface area contributed by atoms with Crippen LogP contribution in [0.4, 0.5) is 0 Å². The average molecular weight is 208 g/mol. The monoisotopic (exact) mass is 208 g/mol. The molecule has 4 nitrogen and oxygen atoms in total. The molecule has 0 aliphatic rings. The molecule has 72 valence electrons. The Hall–Kier alpha value is -1.49. The van der Waals surface area contributed by atoms with E-state index >= 15 is 0 Å². The summed E-state index contributed by atoms with van der Waals surface area (Å²) in [5, 5.41) is 0. The summed E-state index contributed by atoms with van der Waals surface area (Å²) in [6.07, 6.45) is 0.282. The molecule has 1 aromatic heterocycles. The number of aromatic nitrogens is 2. The third-order valence-electron chi connectivity index (χ3n) is 1.89. The lowest BCUT2D eigenvalue weighted by Gasteiger charge is -1.98. The Morgan fingerprint density at radius 2 is 2.21 bits per heavy atom. The minimum Gasteiger partial charge on any atom is -0.469 e. The van der Waals surface area contributed by atoms with Gasteiger partial charge < -0.3 is 4.74 Å². The molecule has 0 N–H and O–H groups in total. The Morgan fingerprint density at radius 3 is 3.00 bits per heavy atom. The molecule has 0 saturated heterocycles. The molecular formula is C9H8N2O2S. The second-order valence-corrected chi connectivity index (χ2v) is 3.37. The zero-order chi connectivity index (χ0) is 9.97.